The van der Waals surface area contributed by atoms with Crippen LogP contribution in [0.2, 0.25) is 0 Å². The van der Waals surface area contributed by atoms with Crippen molar-refractivity contribution in [3.8, 4) is 23.0 Å². The fourth-order valence-corrected chi connectivity index (χ4v) is 4.82. The van der Waals surface area contributed by atoms with Crippen LogP contribution < -0.4 is 29.8 Å². The lowest BCUT2D eigenvalue weighted by atomic mass is 10.1. The van der Waals surface area contributed by atoms with Gasteiger partial charge in [-0.2, -0.15) is 10.2 Å². The summed E-state index contributed by atoms with van der Waals surface area (Å²) in [5.74, 6) is 1.80. The minimum Gasteiger partial charge on any atom is -0.487 e. The Hall–Kier alpha value is -4.32. The molecule has 0 saturated carbocycles. The predicted molar refractivity (Wildman–Crippen MR) is 194 cm³/mol. The summed E-state index contributed by atoms with van der Waals surface area (Å²) in [4.78, 5) is 24.6. The van der Waals surface area contributed by atoms with E-state index in [9.17, 15) is 9.59 Å². The van der Waals surface area contributed by atoms with Crippen molar-refractivity contribution in [3.05, 3.63) is 47.5 Å². The van der Waals surface area contributed by atoms with Crippen molar-refractivity contribution in [1.82, 2.24) is 10.9 Å². The Balaban J connectivity index is 1.12. The summed E-state index contributed by atoms with van der Waals surface area (Å²) in [5, 5.41) is 8.16. The fourth-order valence-electron chi connectivity index (χ4n) is 4.82. The third-order valence-electron chi connectivity index (χ3n) is 7.48. The quantitative estimate of drug-likeness (QED) is 0.207. The highest BCUT2D eigenvalue weighted by Gasteiger charge is 2.10. The maximum Gasteiger partial charge on any atom is 0.240 e. The summed E-state index contributed by atoms with van der Waals surface area (Å²) in [6.45, 7) is 6.97. The Labute approximate surface area is 310 Å². The smallest absolute Gasteiger partial charge is 0.240 e. The molecule has 2 aliphatic heterocycles. The van der Waals surface area contributed by atoms with Crippen molar-refractivity contribution >= 4 is 24.2 Å². The lowest BCUT2D eigenvalue weighted by Gasteiger charge is -2.13. The number of rotatable bonds is 10. The largest absolute Gasteiger partial charge is 0.487 e. The number of hydrogen-bond acceptors (Lipinski definition) is 14. The van der Waals surface area contributed by atoms with Gasteiger partial charge in [0.05, 0.1) is 91.7 Å². The van der Waals surface area contributed by atoms with Crippen LogP contribution in [0.4, 0.5) is 0 Å². The average Bonchev–Trinajstić information content (AvgIpc) is 3.17. The van der Waals surface area contributed by atoms with E-state index in [0.717, 1.165) is 11.1 Å². The first-order valence-corrected chi connectivity index (χ1v) is 18.1. The van der Waals surface area contributed by atoms with E-state index in [1.807, 2.05) is 12.1 Å². The normalized spacial score (nSPS) is 17.5. The molecule has 2 heterocycles. The fraction of sp³-hybridized carbons (Fsp3) is 0.568. The molecule has 0 saturated heterocycles. The van der Waals surface area contributed by atoms with Crippen LogP contribution >= 0.6 is 0 Å². The number of fused-ring (bicyclic) bond motifs is 2. The molecule has 2 amide bonds. The van der Waals surface area contributed by atoms with Gasteiger partial charge in [0, 0.05) is 12.8 Å². The number of ether oxygens (including phenoxy) is 10. The van der Waals surface area contributed by atoms with Crippen LogP contribution in [0.25, 0.3) is 0 Å². The van der Waals surface area contributed by atoms with E-state index in [4.69, 9.17) is 47.4 Å². The molecule has 4 rings (SSSR count). The van der Waals surface area contributed by atoms with Gasteiger partial charge in [0.25, 0.3) is 0 Å². The molecule has 292 valence electrons. The molecule has 0 aliphatic carbocycles. The Morgan fingerprint density at radius 1 is 0.453 bits per heavy atom. The van der Waals surface area contributed by atoms with Crippen molar-refractivity contribution < 1.29 is 57.0 Å². The average molecular weight is 745 g/mol. The molecule has 2 aliphatic rings. The number of nitrogens with one attached hydrogen (secondary N) is 2. The Morgan fingerprint density at radius 3 is 1.13 bits per heavy atom. The second-order valence-electron chi connectivity index (χ2n) is 11.6. The zero-order valence-electron chi connectivity index (χ0n) is 30.3. The van der Waals surface area contributed by atoms with Crippen LogP contribution in [0.5, 0.6) is 23.0 Å². The van der Waals surface area contributed by atoms with Crippen molar-refractivity contribution in [2.75, 3.05) is 106 Å². The van der Waals surface area contributed by atoms with Crippen LogP contribution in [0.15, 0.2) is 46.6 Å². The first-order chi connectivity index (χ1) is 26.2. The van der Waals surface area contributed by atoms with Gasteiger partial charge >= 0.3 is 0 Å². The summed E-state index contributed by atoms with van der Waals surface area (Å²) in [5.41, 5.74) is 6.55. The summed E-state index contributed by atoms with van der Waals surface area (Å²) in [7, 11) is 0. The van der Waals surface area contributed by atoms with E-state index in [2.05, 4.69) is 21.1 Å². The van der Waals surface area contributed by atoms with Gasteiger partial charge in [-0.3, -0.25) is 9.59 Å². The second kappa shape index (κ2) is 26.4. The number of carbonyl (C=O) groups is 2. The molecule has 2 N–H and O–H groups in total. The van der Waals surface area contributed by atoms with Crippen molar-refractivity contribution in [3.63, 3.8) is 0 Å². The zero-order valence-corrected chi connectivity index (χ0v) is 30.3. The summed E-state index contributed by atoms with van der Waals surface area (Å²) in [6, 6.07) is 10.8. The standard InChI is InChI=1S/C37H52N4O12/c42-36(40-38-28-30-6-8-32-34(26-30)52-24-20-48-16-12-44-10-14-46-18-22-50-32)4-2-1-3-5-37(43)41-39-29-31-7-9-33-35(27-31)53-25-21-49-17-13-45-11-15-47-19-23-51-33/h6-9,26-29H,1-5,10-25H2,(H,40,42)(H,41,43)/b38-28+,39-29+. The molecule has 0 fully saturated rings. The van der Waals surface area contributed by atoms with E-state index in [0.29, 0.717) is 148 Å². The number of unbranched alkanes of at least 4 members (excludes halogenated alkanes) is 2. The van der Waals surface area contributed by atoms with E-state index >= 15 is 0 Å². The Bertz CT molecular complexity index is 1310. The highest BCUT2D eigenvalue weighted by atomic mass is 16.6. The number of carbonyl (C=O) groups excluding carboxylic acids is 2. The monoisotopic (exact) mass is 744 g/mol. The number of hydrogen-bond donors (Lipinski definition) is 2. The van der Waals surface area contributed by atoms with Gasteiger partial charge in [-0.15, -0.1) is 0 Å². The van der Waals surface area contributed by atoms with E-state index in [1.54, 1.807) is 36.7 Å². The number of hydrazone groups is 2. The van der Waals surface area contributed by atoms with Gasteiger partial charge in [-0.05, 0) is 60.4 Å². The van der Waals surface area contributed by atoms with Crippen LogP contribution in [0, 0.1) is 0 Å². The second-order valence-corrected chi connectivity index (χ2v) is 11.6. The molecule has 0 unspecified atom stereocenters. The number of amides is 2. The van der Waals surface area contributed by atoms with Gasteiger partial charge in [0.15, 0.2) is 23.0 Å². The first kappa shape index (κ1) is 41.4. The van der Waals surface area contributed by atoms with Gasteiger partial charge < -0.3 is 47.4 Å². The lowest BCUT2D eigenvalue weighted by molar-refractivity contribution is -0.121. The first-order valence-electron chi connectivity index (χ1n) is 18.1. The zero-order chi connectivity index (χ0) is 37.0. The number of nitrogens with zero attached hydrogens (tertiary/aromatic N) is 2. The highest BCUT2D eigenvalue weighted by Crippen LogP contribution is 2.29. The topological polar surface area (TPSA) is 175 Å². The lowest BCUT2D eigenvalue weighted by Crippen LogP contribution is -2.18. The Kier molecular flexibility index (Phi) is 20.7. The van der Waals surface area contributed by atoms with Gasteiger partial charge in [0.2, 0.25) is 11.8 Å². The SMILES string of the molecule is O=C(CCCCCC(=O)N/N=C/c1ccc2c(c1)OCCOCCOCCOCCO2)N/N=C/c1ccc2c(c1)OCCOCCOCCOCCO2. The van der Waals surface area contributed by atoms with Crippen molar-refractivity contribution in [1.29, 1.82) is 0 Å². The highest BCUT2D eigenvalue weighted by molar-refractivity contribution is 5.84. The minimum absolute atomic E-state index is 0.218. The maximum absolute atomic E-state index is 12.3. The molecule has 53 heavy (non-hydrogen) atoms. The van der Waals surface area contributed by atoms with E-state index in [1.165, 1.54) is 0 Å². The van der Waals surface area contributed by atoms with Crippen LogP contribution in [-0.4, -0.2) is 130 Å². The van der Waals surface area contributed by atoms with Crippen LogP contribution in [0.3, 0.4) is 0 Å². The summed E-state index contributed by atoms with van der Waals surface area (Å²) < 4.78 is 56.3. The third kappa shape index (κ3) is 18.3. The molecular formula is C37H52N4O12. The maximum atomic E-state index is 12.3. The third-order valence-corrected chi connectivity index (χ3v) is 7.48. The van der Waals surface area contributed by atoms with Gasteiger partial charge in [0.1, 0.15) is 26.4 Å². The molecule has 16 nitrogen and oxygen atoms in total. The molecule has 0 spiro atoms. The van der Waals surface area contributed by atoms with E-state index < -0.39 is 0 Å². The molecular weight excluding hydrogens is 692 g/mol. The molecule has 2 aromatic carbocycles. The van der Waals surface area contributed by atoms with Gasteiger partial charge in [-0.1, -0.05) is 6.42 Å². The molecule has 2 aromatic rings. The minimum atomic E-state index is -0.218. The molecule has 0 radical (unpaired) electrons. The molecule has 0 aromatic heterocycles. The van der Waals surface area contributed by atoms with Crippen molar-refractivity contribution in [2.24, 2.45) is 10.2 Å². The molecule has 0 bridgehead atoms. The molecule has 16 heteroatoms. The van der Waals surface area contributed by atoms with Gasteiger partial charge in [-0.25, -0.2) is 10.9 Å². The van der Waals surface area contributed by atoms with Crippen LogP contribution in [-0.2, 0) is 38.0 Å². The molecule has 0 atom stereocenters. The van der Waals surface area contributed by atoms with Crippen LogP contribution in [0.1, 0.15) is 43.2 Å². The number of benzene rings is 2. The predicted octanol–water partition coefficient (Wildman–Crippen LogP) is 2.88. The van der Waals surface area contributed by atoms with E-state index in [-0.39, 0.29) is 24.7 Å². The summed E-state index contributed by atoms with van der Waals surface area (Å²) >= 11 is 0. The van der Waals surface area contributed by atoms with Crippen molar-refractivity contribution in [2.45, 2.75) is 32.1 Å². The Morgan fingerprint density at radius 2 is 0.774 bits per heavy atom. The summed E-state index contributed by atoms with van der Waals surface area (Å²) in [6.07, 6.45) is 5.57.